The summed E-state index contributed by atoms with van der Waals surface area (Å²) >= 11 is 0. The SMILES string of the molecule is CC(C)N1CC(Nc2ccccc2)C1.CC(C)N1CC(Nc2ccccc2)C1.Cl.Cl.O. The Morgan fingerprint density at radius 3 is 1.16 bits per heavy atom. The zero-order chi connectivity index (χ0) is 19.9. The third kappa shape index (κ3) is 9.26. The van der Waals surface area contributed by atoms with Crippen LogP contribution < -0.4 is 10.6 Å². The van der Waals surface area contributed by atoms with Gasteiger partial charge in [-0.25, -0.2) is 0 Å². The van der Waals surface area contributed by atoms with E-state index < -0.39 is 0 Å². The predicted molar refractivity (Wildman–Crippen MR) is 139 cm³/mol. The Balaban J connectivity index is 0.000000529. The van der Waals surface area contributed by atoms with E-state index in [-0.39, 0.29) is 30.3 Å². The molecule has 4 N–H and O–H groups in total. The Kier molecular flexibility index (Phi) is 13.8. The van der Waals surface area contributed by atoms with Crippen molar-refractivity contribution in [3.63, 3.8) is 0 Å². The summed E-state index contributed by atoms with van der Waals surface area (Å²) in [6, 6.07) is 23.5. The van der Waals surface area contributed by atoms with Crippen LogP contribution in [-0.2, 0) is 0 Å². The van der Waals surface area contributed by atoms with E-state index in [2.05, 4.69) is 96.7 Å². The maximum atomic E-state index is 3.52. The average molecular weight is 472 g/mol. The fourth-order valence-electron chi connectivity index (χ4n) is 3.59. The van der Waals surface area contributed by atoms with E-state index in [0.29, 0.717) is 24.2 Å². The van der Waals surface area contributed by atoms with E-state index in [9.17, 15) is 0 Å². The Bertz CT molecular complexity index is 630. The summed E-state index contributed by atoms with van der Waals surface area (Å²) in [4.78, 5) is 4.95. The van der Waals surface area contributed by atoms with Gasteiger partial charge in [0.25, 0.3) is 0 Å². The Hall–Kier alpha value is -1.50. The number of anilines is 2. The number of hydrogen-bond acceptors (Lipinski definition) is 4. The molecule has 31 heavy (non-hydrogen) atoms. The minimum absolute atomic E-state index is 0. The lowest BCUT2D eigenvalue weighted by atomic mass is 10.1. The van der Waals surface area contributed by atoms with Gasteiger partial charge in [-0.05, 0) is 52.0 Å². The quantitative estimate of drug-likeness (QED) is 0.656. The number of nitrogens with one attached hydrogen (secondary N) is 2. The fraction of sp³-hybridized carbons (Fsp3) is 0.500. The topological polar surface area (TPSA) is 62.0 Å². The van der Waals surface area contributed by atoms with E-state index in [4.69, 9.17) is 0 Å². The lowest BCUT2D eigenvalue weighted by Crippen LogP contribution is -2.57. The second-order valence-electron chi connectivity index (χ2n) is 8.51. The van der Waals surface area contributed by atoms with Gasteiger partial charge in [0.1, 0.15) is 0 Å². The molecule has 0 aromatic heterocycles. The van der Waals surface area contributed by atoms with Crippen molar-refractivity contribution in [3.8, 4) is 0 Å². The number of halogens is 2. The summed E-state index contributed by atoms with van der Waals surface area (Å²) in [6.45, 7) is 13.7. The van der Waals surface area contributed by atoms with Crippen molar-refractivity contribution < 1.29 is 5.48 Å². The molecule has 7 heteroatoms. The van der Waals surface area contributed by atoms with Crippen LogP contribution in [0.15, 0.2) is 60.7 Å². The van der Waals surface area contributed by atoms with Crippen molar-refractivity contribution in [2.24, 2.45) is 0 Å². The molecular formula is C24H40Cl2N4O. The molecule has 0 spiro atoms. The highest BCUT2D eigenvalue weighted by Crippen LogP contribution is 2.17. The molecule has 2 aromatic carbocycles. The van der Waals surface area contributed by atoms with E-state index in [0.717, 1.165) is 0 Å². The van der Waals surface area contributed by atoms with Gasteiger partial charge in [0.05, 0.1) is 12.1 Å². The summed E-state index contributed by atoms with van der Waals surface area (Å²) in [5, 5.41) is 7.04. The van der Waals surface area contributed by atoms with Crippen LogP contribution in [0.1, 0.15) is 27.7 Å². The molecule has 0 unspecified atom stereocenters. The lowest BCUT2D eigenvalue weighted by molar-refractivity contribution is 0.122. The molecule has 2 aromatic rings. The van der Waals surface area contributed by atoms with Crippen molar-refractivity contribution in [1.29, 1.82) is 0 Å². The molecule has 2 heterocycles. The van der Waals surface area contributed by atoms with Crippen molar-refractivity contribution in [1.82, 2.24) is 9.80 Å². The van der Waals surface area contributed by atoms with E-state index in [1.165, 1.54) is 37.6 Å². The highest BCUT2D eigenvalue weighted by Gasteiger charge is 2.28. The maximum Gasteiger partial charge on any atom is 0.0515 e. The van der Waals surface area contributed by atoms with Crippen LogP contribution in [-0.4, -0.2) is 65.6 Å². The third-order valence-electron chi connectivity index (χ3n) is 5.57. The molecule has 0 aliphatic carbocycles. The monoisotopic (exact) mass is 470 g/mol. The van der Waals surface area contributed by atoms with Gasteiger partial charge in [-0.1, -0.05) is 36.4 Å². The van der Waals surface area contributed by atoms with E-state index in [1.807, 2.05) is 12.1 Å². The van der Waals surface area contributed by atoms with Gasteiger partial charge in [-0.15, -0.1) is 24.8 Å². The van der Waals surface area contributed by atoms with E-state index >= 15 is 0 Å². The standard InChI is InChI=1S/2C12H18N2.2ClH.H2O/c2*1-10(2)14-8-12(9-14)13-11-6-4-3-5-7-11;;;/h2*3-7,10,12-13H,8-9H2,1-2H3;2*1H;1H2. The average Bonchev–Trinajstić information content (AvgIpc) is 2.62. The Labute approximate surface area is 200 Å². The first-order valence-electron chi connectivity index (χ1n) is 10.6. The molecule has 0 atom stereocenters. The number of hydrogen-bond donors (Lipinski definition) is 2. The molecule has 2 saturated heterocycles. The summed E-state index contributed by atoms with van der Waals surface area (Å²) in [5.74, 6) is 0. The molecular weight excluding hydrogens is 431 g/mol. The summed E-state index contributed by atoms with van der Waals surface area (Å²) in [7, 11) is 0. The molecule has 0 amide bonds. The second-order valence-corrected chi connectivity index (χ2v) is 8.51. The summed E-state index contributed by atoms with van der Waals surface area (Å²) < 4.78 is 0. The third-order valence-corrected chi connectivity index (χ3v) is 5.57. The van der Waals surface area contributed by atoms with Gasteiger partial charge in [0.2, 0.25) is 0 Å². The van der Waals surface area contributed by atoms with Gasteiger partial charge in [-0.3, -0.25) is 9.80 Å². The Morgan fingerprint density at radius 2 is 0.903 bits per heavy atom. The smallest absolute Gasteiger partial charge is 0.0515 e. The molecule has 5 nitrogen and oxygen atoms in total. The first-order chi connectivity index (χ1) is 13.5. The first-order valence-corrected chi connectivity index (χ1v) is 10.6. The molecule has 2 aliphatic rings. The minimum Gasteiger partial charge on any atom is -0.412 e. The molecule has 0 bridgehead atoms. The maximum absolute atomic E-state index is 3.52. The molecule has 2 aliphatic heterocycles. The van der Waals surface area contributed by atoms with Crippen LogP contribution in [0, 0.1) is 0 Å². The highest BCUT2D eigenvalue weighted by atomic mass is 35.5. The number of rotatable bonds is 6. The normalized spacial score (nSPS) is 16.5. The van der Waals surface area contributed by atoms with Crippen LogP contribution in [0.4, 0.5) is 11.4 Å². The highest BCUT2D eigenvalue weighted by molar-refractivity contribution is 5.85. The predicted octanol–water partition coefficient (Wildman–Crippen LogP) is 4.40. The Morgan fingerprint density at radius 1 is 0.613 bits per heavy atom. The van der Waals surface area contributed by atoms with Crippen molar-refractivity contribution in [3.05, 3.63) is 60.7 Å². The number of benzene rings is 2. The van der Waals surface area contributed by atoms with Crippen LogP contribution in [0.5, 0.6) is 0 Å². The van der Waals surface area contributed by atoms with Crippen molar-refractivity contribution >= 4 is 36.2 Å². The second kappa shape index (κ2) is 14.5. The largest absolute Gasteiger partial charge is 0.412 e. The first kappa shape index (κ1) is 29.5. The number of nitrogens with zero attached hydrogens (tertiary/aromatic N) is 2. The number of para-hydroxylation sites is 2. The van der Waals surface area contributed by atoms with Crippen molar-refractivity contribution in [2.45, 2.75) is 51.9 Å². The zero-order valence-electron chi connectivity index (χ0n) is 19.1. The zero-order valence-corrected chi connectivity index (χ0v) is 20.8. The van der Waals surface area contributed by atoms with Crippen molar-refractivity contribution in [2.75, 3.05) is 36.8 Å². The summed E-state index contributed by atoms with van der Waals surface area (Å²) in [6.07, 6.45) is 0. The van der Waals surface area contributed by atoms with Crippen LogP contribution in [0.2, 0.25) is 0 Å². The fourth-order valence-corrected chi connectivity index (χ4v) is 3.59. The molecule has 2 fully saturated rings. The number of likely N-dealkylation sites (tertiary alicyclic amines) is 2. The van der Waals surface area contributed by atoms with Crippen LogP contribution in [0.3, 0.4) is 0 Å². The van der Waals surface area contributed by atoms with Crippen LogP contribution in [0.25, 0.3) is 0 Å². The molecule has 0 saturated carbocycles. The lowest BCUT2D eigenvalue weighted by Gasteiger charge is -2.42. The molecule has 0 radical (unpaired) electrons. The van der Waals surface area contributed by atoms with Crippen LogP contribution >= 0.6 is 24.8 Å². The summed E-state index contributed by atoms with van der Waals surface area (Å²) in [5.41, 5.74) is 2.47. The van der Waals surface area contributed by atoms with Gasteiger partial charge in [0.15, 0.2) is 0 Å². The molecule has 176 valence electrons. The van der Waals surface area contributed by atoms with Gasteiger partial charge >= 0.3 is 0 Å². The molecule has 4 rings (SSSR count). The minimum atomic E-state index is 0. The van der Waals surface area contributed by atoms with Gasteiger partial charge in [-0.2, -0.15) is 0 Å². The van der Waals surface area contributed by atoms with E-state index in [1.54, 1.807) is 0 Å². The van der Waals surface area contributed by atoms with Gasteiger partial charge in [0, 0.05) is 49.6 Å². The van der Waals surface area contributed by atoms with Gasteiger partial charge < -0.3 is 16.1 Å².